The highest BCUT2D eigenvalue weighted by atomic mass is 19.1. The van der Waals surface area contributed by atoms with Crippen molar-refractivity contribution in [3.8, 4) is 5.75 Å². The van der Waals surface area contributed by atoms with Gasteiger partial charge in [0.15, 0.2) is 11.6 Å². The fraction of sp³-hybridized carbons (Fsp3) is 0.353. The van der Waals surface area contributed by atoms with E-state index in [9.17, 15) is 13.6 Å². The van der Waals surface area contributed by atoms with Crippen LogP contribution in [0.25, 0.3) is 10.8 Å². The molecule has 0 saturated heterocycles. The zero-order valence-electron chi connectivity index (χ0n) is 12.2. The first-order valence-corrected chi connectivity index (χ1v) is 7.22. The van der Waals surface area contributed by atoms with E-state index in [0.29, 0.717) is 36.8 Å². The molecule has 2 rings (SSSR count). The third kappa shape index (κ3) is 3.72. The van der Waals surface area contributed by atoms with Crippen molar-refractivity contribution in [1.29, 1.82) is 0 Å². The average molecular weight is 308 g/mol. The van der Waals surface area contributed by atoms with E-state index < -0.39 is 18.1 Å². The molecule has 0 unspecified atom stereocenters. The Morgan fingerprint density at radius 1 is 1.32 bits per heavy atom. The lowest BCUT2D eigenvalue weighted by atomic mass is 10.1. The quantitative estimate of drug-likeness (QED) is 0.542. The fourth-order valence-electron chi connectivity index (χ4n) is 2.13. The molecule has 0 aliphatic heterocycles. The second kappa shape index (κ2) is 7.73. The summed E-state index contributed by atoms with van der Waals surface area (Å²) in [7, 11) is 0. The molecule has 0 radical (unpaired) electrons. The molecule has 1 aromatic heterocycles. The van der Waals surface area contributed by atoms with Crippen molar-refractivity contribution < 1.29 is 17.9 Å². The monoisotopic (exact) mass is 308 g/mol. The molecule has 0 spiro atoms. The number of rotatable bonds is 8. The van der Waals surface area contributed by atoms with Crippen LogP contribution >= 0.6 is 0 Å². The Morgan fingerprint density at radius 3 is 2.86 bits per heavy atom. The van der Waals surface area contributed by atoms with E-state index in [0.717, 1.165) is 0 Å². The third-order valence-corrected chi connectivity index (χ3v) is 3.26. The number of hydrogen-bond donors (Lipinski definition) is 0. The molecule has 2 aromatic rings. The molecule has 0 atom stereocenters. The highest BCUT2D eigenvalue weighted by molar-refractivity contribution is 5.83. The van der Waals surface area contributed by atoms with Crippen molar-refractivity contribution in [1.82, 2.24) is 0 Å². The van der Waals surface area contributed by atoms with Gasteiger partial charge in [-0.15, -0.1) is 6.58 Å². The maximum atomic E-state index is 14.3. The van der Waals surface area contributed by atoms with Crippen molar-refractivity contribution >= 4 is 10.8 Å². The van der Waals surface area contributed by atoms with E-state index in [1.54, 1.807) is 18.2 Å². The molecule has 0 bridgehead atoms. The number of halogens is 2. The maximum Gasteiger partial charge on any atom is 0.346 e. The normalized spacial score (nSPS) is 10.8. The van der Waals surface area contributed by atoms with Crippen molar-refractivity contribution in [3.63, 3.8) is 0 Å². The number of alkyl halides is 1. The summed E-state index contributed by atoms with van der Waals surface area (Å²) in [6.45, 7) is 3.38. The Morgan fingerprint density at radius 2 is 2.14 bits per heavy atom. The van der Waals surface area contributed by atoms with Crippen LogP contribution in [0, 0.1) is 5.82 Å². The Kier molecular flexibility index (Phi) is 5.69. The first kappa shape index (κ1) is 16.2. The molecule has 0 aliphatic carbocycles. The van der Waals surface area contributed by atoms with Gasteiger partial charge in [-0.1, -0.05) is 12.1 Å². The highest BCUT2D eigenvalue weighted by Crippen LogP contribution is 2.25. The van der Waals surface area contributed by atoms with Gasteiger partial charge in [-0.05, 0) is 36.8 Å². The molecule has 0 aliphatic rings. The summed E-state index contributed by atoms with van der Waals surface area (Å²) < 4.78 is 36.7. The molecular weight excluding hydrogens is 290 g/mol. The topological polar surface area (TPSA) is 39.4 Å². The van der Waals surface area contributed by atoms with Crippen LogP contribution in [0.2, 0.25) is 0 Å². The lowest BCUT2D eigenvalue weighted by molar-refractivity contribution is 0.285. The smallest absolute Gasteiger partial charge is 0.346 e. The summed E-state index contributed by atoms with van der Waals surface area (Å²) >= 11 is 0. The van der Waals surface area contributed by atoms with Crippen LogP contribution in [-0.2, 0) is 6.42 Å². The summed E-state index contributed by atoms with van der Waals surface area (Å²) in [4.78, 5) is 12.0. The molecule has 0 N–H and O–H groups in total. The second-order valence-corrected chi connectivity index (χ2v) is 4.91. The van der Waals surface area contributed by atoms with Gasteiger partial charge in [0.05, 0.1) is 13.3 Å². The SMILES string of the molecule is C=CCCc1cc2ccc(OCCCCF)c(F)c2c(=O)o1. The summed E-state index contributed by atoms with van der Waals surface area (Å²) in [6, 6.07) is 4.75. The van der Waals surface area contributed by atoms with Gasteiger partial charge in [0.2, 0.25) is 0 Å². The average Bonchev–Trinajstić information content (AvgIpc) is 2.51. The summed E-state index contributed by atoms with van der Waals surface area (Å²) in [5, 5.41) is 0.356. The third-order valence-electron chi connectivity index (χ3n) is 3.26. The first-order valence-electron chi connectivity index (χ1n) is 7.22. The van der Waals surface area contributed by atoms with Gasteiger partial charge in [-0.25, -0.2) is 9.18 Å². The van der Waals surface area contributed by atoms with Gasteiger partial charge in [0, 0.05) is 6.42 Å². The lowest BCUT2D eigenvalue weighted by Crippen LogP contribution is -2.07. The van der Waals surface area contributed by atoms with Gasteiger partial charge in [-0.3, -0.25) is 4.39 Å². The van der Waals surface area contributed by atoms with Crippen molar-refractivity contribution in [2.24, 2.45) is 0 Å². The standard InChI is InChI=1S/C17H18F2O3/c1-2-3-6-13-11-12-7-8-14(21-10-5-4-9-18)16(19)15(12)17(20)22-13/h2,7-8,11H,1,3-6,9-10H2. The van der Waals surface area contributed by atoms with Crippen LogP contribution in [0.3, 0.4) is 0 Å². The zero-order chi connectivity index (χ0) is 15.9. The zero-order valence-corrected chi connectivity index (χ0v) is 12.2. The Hall–Kier alpha value is -2.17. The molecule has 1 aromatic carbocycles. The van der Waals surface area contributed by atoms with Crippen LogP contribution in [0.1, 0.15) is 25.0 Å². The number of allylic oxidation sites excluding steroid dienone is 1. The molecule has 1 heterocycles. The van der Waals surface area contributed by atoms with Crippen LogP contribution in [0.4, 0.5) is 8.78 Å². The van der Waals surface area contributed by atoms with Gasteiger partial charge < -0.3 is 9.15 Å². The van der Waals surface area contributed by atoms with Crippen molar-refractivity contribution in [2.45, 2.75) is 25.7 Å². The number of fused-ring (bicyclic) bond motifs is 1. The lowest BCUT2D eigenvalue weighted by Gasteiger charge is -2.08. The minimum atomic E-state index is -0.734. The number of ether oxygens (including phenoxy) is 1. The summed E-state index contributed by atoms with van der Waals surface area (Å²) in [5.74, 6) is -0.257. The Balaban J connectivity index is 2.29. The van der Waals surface area contributed by atoms with Gasteiger partial charge >= 0.3 is 5.63 Å². The van der Waals surface area contributed by atoms with Crippen molar-refractivity contribution in [3.05, 3.63) is 52.9 Å². The maximum absolute atomic E-state index is 14.3. The number of hydrogen-bond acceptors (Lipinski definition) is 3. The first-order chi connectivity index (χ1) is 10.7. The fourth-order valence-corrected chi connectivity index (χ4v) is 2.13. The predicted octanol–water partition coefficient (Wildman–Crippen LogP) is 4.18. The molecule has 3 nitrogen and oxygen atoms in total. The van der Waals surface area contributed by atoms with E-state index in [4.69, 9.17) is 9.15 Å². The Bertz CT molecular complexity index is 707. The molecular formula is C17H18F2O3. The van der Waals surface area contributed by atoms with E-state index in [1.807, 2.05) is 0 Å². The van der Waals surface area contributed by atoms with E-state index in [-0.39, 0.29) is 17.7 Å². The van der Waals surface area contributed by atoms with Gasteiger partial charge in [0.1, 0.15) is 11.1 Å². The number of benzene rings is 1. The molecule has 5 heteroatoms. The van der Waals surface area contributed by atoms with E-state index in [1.165, 1.54) is 6.07 Å². The second-order valence-electron chi connectivity index (χ2n) is 4.91. The molecule has 0 fully saturated rings. The van der Waals surface area contributed by atoms with Gasteiger partial charge in [-0.2, -0.15) is 0 Å². The van der Waals surface area contributed by atoms with Crippen molar-refractivity contribution in [2.75, 3.05) is 13.3 Å². The predicted molar refractivity (Wildman–Crippen MR) is 81.7 cm³/mol. The van der Waals surface area contributed by atoms with Gasteiger partial charge in [0.25, 0.3) is 0 Å². The van der Waals surface area contributed by atoms with Crippen LogP contribution in [-0.4, -0.2) is 13.3 Å². The summed E-state index contributed by atoms with van der Waals surface area (Å²) in [6.07, 6.45) is 3.79. The highest BCUT2D eigenvalue weighted by Gasteiger charge is 2.14. The van der Waals surface area contributed by atoms with E-state index >= 15 is 0 Å². The van der Waals surface area contributed by atoms with E-state index in [2.05, 4.69) is 6.58 Å². The summed E-state index contributed by atoms with van der Waals surface area (Å²) in [5.41, 5.74) is -0.719. The van der Waals surface area contributed by atoms with Crippen LogP contribution in [0.15, 0.2) is 40.1 Å². The molecule has 22 heavy (non-hydrogen) atoms. The molecule has 0 amide bonds. The van der Waals surface area contributed by atoms with Crippen LogP contribution in [0.5, 0.6) is 5.75 Å². The van der Waals surface area contributed by atoms with Crippen LogP contribution < -0.4 is 10.4 Å². The molecule has 118 valence electrons. The number of unbranched alkanes of at least 4 members (excludes halogenated alkanes) is 1. The Labute approximate surface area is 127 Å². The minimum absolute atomic E-state index is 0.0162. The number of aryl methyl sites for hydroxylation is 1. The molecule has 0 saturated carbocycles. The minimum Gasteiger partial charge on any atom is -0.490 e. The largest absolute Gasteiger partial charge is 0.490 e.